The summed E-state index contributed by atoms with van der Waals surface area (Å²) in [5.41, 5.74) is 0.685. The molecule has 0 aromatic carbocycles. The van der Waals surface area contributed by atoms with E-state index in [-0.39, 0.29) is 0 Å². The molecule has 0 bridgehead atoms. The third-order valence-corrected chi connectivity index (χ3v) is 2.84. The lowest BCUT2D eigenvalue weighted by Gasteiger charge is -2.04. The van der Waals surface area contributed by atoms with Crippen molar-refractivity contribution in [1.29, 1.82) is 0 Å². The predicted octanol–water partition coefficient (Wildman–Crippen LogP) is 1.18. The Hall–Kier alpha value is -1.71. The minimum Gasteiger partial charge on any atom is -0.357 e. The molecule has 2 N–H and O–H groups in total. The SMILES string of the molecule is CNc1nc(-n2cc(I)cn2)c2cn[nH]c2n1. The van der Waals surface area contributed by atoms with Crippen molar-refractivity contribution in [3.05, 3.63) is 22.2 Å². The van der Waals surface area contributed by atoms with Gasteiger partial charge in [0.25, 0.3) is 0 Å². The van der Waals surface area contributed by atoms with Gasteiger partial charge in [-0.3, -0.25) is 5.10 Å². The van der Waals surface area contributed by atoms with Crippen molar-refractivity contribution in [2.75, 3.05) is 12.4 Å². The zero-order chi connectivity index (χ0) is 11.8. The number of H-pyrrole nitrogens is 1. The Morgan fingerprint density at radius 2 is 2.24 bits per heavy atom. The molecule has 0 spiro atoms. The van der Waals surface area contributed by atoms with Crippen LogP contribution in [0.5, 0.6) is 0 Å². The molecule has 0 atom stereocenters. The first-order valence-corrected chi connectivity index (χ1v) is 5.95. The summed E-state index contributed by atoms with van der Waals surface area (Å²) < 4.78 is 2.76. The highest BCUT2D eigenvalue weighted by Crippen LogP contribution is 2.19. The summed E-state index contributed by atoms with van der Waals surface area (Å²) in [5, 5.41) is 14.8. The molecule has 0 saturated carbocycles. The maximum absolute atomic E-state index is 4.39. The zero-order valence-corrected chi connectivity index (χ0v) is 11.0. The first-order valence-electron chi connectivity index (χ1n) is 4.87. The first kappa shape index (κ1) is 10.4. The summed E-state index contributed by atoms with van der Waals surface area (Å²) in [4.78, 5) is 8.65. The lowest BCUT2D eigenvalue weighted by Crippen LogP contribution is -2.04. The zero-order valence-electron chi connectivity index (χ0n) is 8.85. The fraction of sp³-hybridized carbons (Fsp3) is 0.111. The van der Waals surface area contributed by atoms with E-state index < -0.39 is 0 Å². The molecule has 0 aliphatic rings. The summed E-state index contributed by atoms with van der Waals surface area (Å²) in [6, 6.07) is 0. The van der Waals surface area contributed by atoms with Gasteiger partial charge in [-0.05, 0) is 22.6 Å². The second-order valence-corrected chi connectivity index (χ2v) is 4.60. The van der Waals surface area contributed by atoms with Gasteiger partial charge in [0.1, 0.15) is 0 Å². The van der Waals surface area contributed by atoms with Crippen LogP contribution >= 0.6 is 22.6 Å². The third-order valence-electron chi connectivity index (χ3n) is 2.28. The van der Waals surface area contributed by atoms with Crippen LogP contribution in [0, 0.1) is 3.57 Å². The molecule has 86 valence electrons. The average molecular weight is 341 g/mol. The van der Waals surface area contributed by atoms with Crippen LogP contribution in [0.25, 0.3) is 16.9 Å². The molecule has 0 fully saturated rings. The summed E-state index contributed by atoms with van der Waals surface area (Å²) in [7, 11) is 1.77. The number of aromatic nitrogens is 6. The predicted molar refractivity (Wildman–Crippen MR) is 71.1 cm³/mol. The maximum Gasteiger partial charge on any atom is 0.226 e. The summed E-state index contributed by atoms with van der Waals surface area (Å²) in [5.74, 6) is 1.23. The van der Waals surface area contributed by atoms with Gasteiger partial charge in [0.15, 0.2) is 11.5 Å². The standard InChI is InChI=1S/C9H8IN7/c1-11-9-14-7-6(3-12-16-7)8(15-9)17-4-5(10)2-13-17/h2-4H,1H3,(H2,11,12,14,15,16). The van der Waals surface area contributed by atoms with E-state index in [1.807, 2.05) is 6.20 Å². The highest BCUT2D eigenvalue weighted by atomic mass is 127. The van der Waals surface area contributed by atoms with Crippen molar-refractivity contribution in [2.45, 2.75) is 0 Å². The van der Waals surface area contributed by atoms with Crippen LogP contribution in [0.2, 0.25) is 0 Å². The Bertz CT molecular complexity index is 671. The highest BCUT2D eigenvalue weighted by Gasteiger charge is 2.11. The van der Waals surface area contributed by atoms with Gasteiger partial charge >= 0.3 is 0 Å². The molecule has 7 nitrogen and oxygen atoms in total. The van der Waals surface area contributed by atoms with Gasteiger partial charge in [0.05, 0.1) is 21.4 Å². The van der Waals surface area contributed by atoms with Gasteiger partial charge in [0, 0.05) is 13.2 Å². The lowest BCUT2D eigenvalue weighted by atomic mass is 10.4. The number of halogens is 1. The number of hydrogen-bond acceptors (Lipinski definition) is 5. The minimum atomic E-state index is 0.530. The molecule has 0 unspecified atom stereocenters. The van der Waals surface area contributed by atoms with Crippen molar-refractivity contribution in [3.63, 3.8) is 0 Å². The van der Waals surface area contributed by atoms with Crippen LogP contribution in [0.3, 0.4) is 0 Å². The summed E-state index contributed by atoms with van der Waals surface area (Å²) in [6.07, 6.45) is 5.36. The van der Waals surface area contributed by atoms with E-state index >= 15 is 0 Å². The normalized spacial score (nSPS) is 10.9. The number of anilines is 1. The molecular weight excluding hydrogens is 333 g/mol. The van der Waals surface area contributed by atoms with E-state index in [9.17, 15) is 0 Å². The van der Waals surface area contributed by atoms with E-state index in [1.165, 1.54) is 0 Å². The Morgan fingerprint density at radius 3 is 2.94 bits per heavy atom. The van der Waals surface area contributed by atoms with Crippen LogP contribution in [0.15, 0.2) is 18.6 Å². The van der Waals surface area contributed by atoms with Crippen molar-refractivity contribution < 1.29 is 0 Å². The Balaban J connectivity index is 2.29. The number of rotatable bonds is 2. The Labute approximate surface area is 110 Å². The summed E-state index contributed by atoms with van der Waals surface area (Å²) >= 11 is 2.20. The van der Waals surface area contributed by atoms with Crippen LogP contribution in [0.4, 0.5) is 5.95 Å². The van der Waals surface area contributed by atoms with Crippen LogP contribution in [0.1, 0.15) is 0 Å². The molecule has 8 heteroatoms. The Morgan fingerprint density at radius 1 is 1.35 bits per heavy atom. The van der Waals surface area contributed by atoms with Crippen molar-refractivity contribution >= 4 is 39.6 Å². The van der Waals surface area contributed by atoms with Gasteiger partial charge in [-0.2, -0.15) is 20.2 Å². The first-order chi connectivity index (χ1) is 8.28. The molecule has 17 heavy (non-hydrogen) atoms. The molecule has 0 aliphatic heterocycles. The molecule has 0 saturated heterocycles. The largest absolute Gasteiger partial charge is 0.357 e. The number of hydrogen-bond donors (Lipinski definition) is 2. The fourth-order valence-corrected chi connectivity index (χ4v) is 1.91. The van der Waals surface area contributed by atoms with Gasteiger partial charge in [-0.1, -0.05) is 0 Å². The van der Waals surface area contributed by atoms with Gasteiger partial charge in [-0.25, -0.2) is 4.68 Å². The third kappa shape index (κ3) is 1.73. The minimum absolute atomic E-state index is 0.530. The fourth-order valence-electron chi connectivity index (χ4n) is 1.52. The van der Waals surface area contributed by atoms with E-state index in [0.717, 1.165) is 8.96 Å². The van der Waals surface area contributed by atoms with E-state index in [0.29, 0.717) is 17.4 Å². The monoisotopic (exact) mass is 341 g/mol. The van der Waals surface area contributed by atoms with Crippen molar-refractivity contribution in [3.8, 4) is 5.82 Å². The van der Waals surface area contributed by atoms with E-state index in [1.54, 1.807) is 24.1 Å². The topological polar surface area (TPSA) is 84.3 Å². The van der Waals surface area contributed by atoms with Crippen LogP contribution in [-0.2, 0) is 0 Å². The number of nitrogens with zero attached hydrogens (tertiary/aromatic N) is 5. The number of aromatic amines is 1. The molecule has 0 radical (unpaired) electrons. The number of nitrogens with one attached hydrogen (secondary N) is 2. The van der Waals surface area contributed by atoms with Crippen LogP contribution in [-0.4, -0.2) is 37.0 Å². The molecule has 0 amide bonds. The quantitative estimate of drug-likeness (QED) is 0.684. The Kier molecular flexibility index (Phi) is 2.42. The van der Waals surface area contributed by atoms with Gasteiger partial charge in [-0.15, -0.1) is 0 Å². The second kappa shape index (κ2) is 3.95. The average Bonchev–Trinajstić information content (AvgIpc) is 2.95. The molecule has 3 heterocycles. The van der Waals surface area contributed by atoms with Crippen molar-refractivity contribution in [1.82, 2.24) is 29.9 Å². The van der Waals surface area contributed by atoms with Crippen molar-refractivity contribution in [2.24, 2.45) is 0 Å². The molecule has 3 aromatic heterocycles. The molecule has 0 aliphatic carbocycles. The molecule has 3 rings (SSSR count). The lowest BCUT2D eigenvalue weighted by molar-refractivity contribution is 0.852. The van der Waals surface area contributed by atoms with Crippen LogP contribution < -0.4 is 5.32 Å². The van der Waals surface area contributed by atoms with Gasteiger partial charge < -0.3 is 5.32 Å². The smallest absolute Gasteiger partial charge is 0.226 e. The van der Waals surface area contributed by atoms with E-state index in [4.69, 9.17) is 0 Å². The van der Waals surface area contributed by atoms with E-state index in [2.05, 4.69) is 53.2 Å². The maximum atomic E-state index is 4.39. The highest BCUT2D eigenvalue weighted by molar-refractivity contribution is 14.1. The van der Waals surface area contributed by atoms with Gasteiger partial charge in [0.2, 0.25) is 5.95 Å². The second-order valence-electron chi connectivity index (χ2n) is 3.36. The number of fused-ring (bicyclic) bond motifs is 1. The molecular formula is C9H8IN7. The summed E-state index contributed by atoms with van der Waals surface area (Å²) in [6.45, 7) is 0. The molecule has 3 aromatic rings.